The number of carbonyl (C=O) groups excluding carboxylic acids is 2. The van der Waals surface area contributed by atoms with Crippen LogP contribution in [0.25, 0.3) is 0 Å². The van der Waals surface area contributed by atoms with Crippen LogP contribution in [0, 0.1) is 0 Å². The maximum absolute atomic E-state index is 13.1. The number of fused-ring (bicyclic) bond motifs is 3. The molecule has 4 heterocycles. The van der Waals surface area contributed by atoms with Crippen molar-refractivity contribution < 1.29 is 9.59 Å². The SMILES string of the molecule is CN1C(=O)C2(CCN(C(=O)c3cn4c(n3)CCNCC4)CC2)c2ccccc21.Cl.Cl. The van der Waals surface area contributed by atoms with Gasteiger partial charge in [-0.15, -0.1) is 24.8 Å². The summed E-state index contributed by atoms with van der Waals surface area (Å²) in [7, 11) is 1.85. The zero-order chi connectivity index (χ0) is 19.3. The van der Waals surface area contributed by atoms with Gasteiger partial charge in [-0.1, -0.05) is 18.2 Å². The second-order valence-corrected chi connectivity index (χ2v) is 7.99. The van der Waals surface area contributed by atoms with Crippen molar-refractivity contribution >= 4 is 42.3 Å². The molecular formula is C21H27Cl2N5O2. The fourth-order valence-corrected chi connectivity index (χ4v) is 4.93. The van der Waals surface area contributed by atoms with Crippen molar-refractivity contribution in [2.75, 3.05) is 38.1 Å². The number of para-hydroxylation sites is 1. The predicted molar refractivity (Wildman–Crippen MR) is 120 cm³/mol. The summed E-state index contributed by atoms with van der Waals surface area (Å²) >= 11 is 0. The van der Waals surface area contributed by atoms with Gasteiger partial charge in [-0.3, -0.25) is 9.59 Å². The number of imidazole rings is 1. The Kier molecular flexibility index (Phi) is 6.45. The van der Waals surface area contributed by atoms with E-state index in [0.717, 1.165) is 43.1 Å². The van der Waals surface area contributed by atoms with E-state index in [0.29, 0.717) is 31.6 Å². The van der Waals surface area contributed by atoms with Crippen LogP contribution in [0.4, 0.5) is 5.69 Å². The average molecular weight is 452 g/mol. The highest BCUT2D eigenvalue weighted by molar-refractivity contribution is 6.08. The van der Waals surface area contributed by atoms with Crippen LogP contribution in [0.5, 0.6) is 0 Å². The summed E-state index contributed by atoms with van der Waals surface area (Å²) in [6.07, 6.45) is 4.06. The first-order valence-corrected chi connectivity index (χ1v) is 10.0. The number of anilines is 1. The largest absolute Gasteiger partial charge is 0.337 e. The molecule has 1 aromatic heterocycles. The Morgan fingerprint density at radius 3 is 2.60 bits per heavy atom. The number of piperidine rings is 1. The van der Waals surface area contributed by atoms with Crippen molar-refractivity contribution in [3.8, 4) is 0 Å². The Morgan fingerprint density at radius 1 is 1.10 bits per heavy atom. The van der Waals surface area contributed by atoms with Gasteiger partial charge in [-0.25, -0.2) is 4.98 Å². The molecule has 0 aliphatic carbocycles. The smallest absolute Gasteiger partial charge is 0.274 e. The summed E-state index contributed by atoms with van der Waals surface area (Å²) in [6.45, 7) is 3.80. The molecule has 1 N–H and O–H groups in total. The van der Waals surface area contributed by atoms with Gasteiger partial charge in [-0.05, 0) is 24.5 Å². The summed E-state index contributed by atoms with van der Waals surface area (Å²) in [5.74, 6) is 1.11. The van der Waals surface area contributed by atoms with Crippen molar-refractivity contribution in [3.63, 3.8) is 0 Å². The Balaban J connectivity index is 0.00000128. The lowest BCUT2D eigenvalue weighted by molar-refractivity contribution is -0.124. The van der Waals surface area contributed by atoms with Crippen LogP contribution in [-0.4, -0.2) is 59.5 Å². The molecule has 1 fully saturated rings. The van der Waals surface area contributed by atoms with E-state index in [1.807, 2.05) is 36.3 Å². The third kappa shape index (κ3) is 3.39. The minimum Gasteiger partial charge on any atom is -0.337 e. The molecule has 0 radical (unpaired) electrons. The highest BCUT2D eigenvalue weighted by atomic mass is 35.5. The van der Waals surface area contributed by atoms with E-state index in [2.05, 4.69) is 20.9 Å². The van der Waals surface area contributed by atoms with Crippen LogP contribution in [-0.2, 0) is 23.2 Å². The number of nitrogens with one attached hydrogen (secondary N) is 1. The van der Waals surface area contributed by atoms with Gasteiger partial charge in [-0.2, -0.15) is 0 Å². The van der Waals surface area contributed by atoms with Crippen molar-refractivity contribution in [1.82, 2.24) is 19.8 Å². The Labute approximate surface area is 188 Å². The van der Waals surface area contributed by atoms with Crippen molar-refractivity contribution in [1.29, 1.82) is 0 Å². The van der Waals surface area contributed by atoms with E-state index < -0.39 is 5.41 Å². The first-order chi connectivity index (χ1) is 13.6. The summed E-state index contributed by atoms with van der Waals surface area (Å²) < 4.78 is 2.09. The second-order valence-electron chi connectivity index (χ2n) is 7.99. The molecule has 3 aliphatic heterocycles. The van der Waals surface area contributed by atoms with Gasteiger partial charge in [0.15, 0.2) is 0 Å². The number of likely N-dealkylation sites (N-methyl/N-ethyl adjacent to an activating group) is 1. The molecule has 1 aromatic carbocycles. The van der Waals surface area contributed by atoms with Crippen LogP contribution in [0.1, 0.15) is 34.7 Å². The van der Waals surface area contributed by atoms with Crippen LogP contribution < -0.4 is 10.2 Å². The van der Waals surface area contributed by atoms with E-state index >= 15 is 0 Å². The van der Waals surface area contributed by atoms with Crippen molar-refractivity contribution in [2.24, 2.45) is 0 Å². The molecule has 1 spiro atoms. The molecule has 2 aromatic rings. The van der Waals surface area contributed by atoms with E-state index in [4.69, 9.17) is 0 Å². The monoisotopic (exact) mass is 451 g/mol. The van der Waals surface area contributed by atoms with Gasteiger partial charge in [0.2, 0.25) is 5.91 Å². The van der Waals surface area contributed by atoms with Gasteiger partial charge in [0.05, 0.1) is 5.41 Å². The lowest BCUT2D eigenvalue weighted by atomic mass is 9.73. The Bertz CT molecular complexity index is 929. The van der Waals surface area contributed by atoms with E-state index in [-0.39, 0.29) is 36.6 Å². The minimum absolute atomic E-state index is 0. The van der Waals surface area contributed by atoms with Crippen molar-refractivity contribution in [2.45, 2.75) is 31.2 Å². The highest BCUT2D eigenvalue weighted by Gasteiger charge is 2.51. The maximum Gasteiger partial charge on any atom is 0.274 e. The highest BCUT2D eigenvalue weighted by Crippen LogP contribution is 2.47. The molecule has 30 heavy (non-hydrogen) atoms. The zero-order valence-corrected chi connectivity index (χ0v) is 18.6. The maximum atomic E-state index is 13.1. The molecule has 0 unspecified atom stereocenters. The fraction of sp³-hybridized carbons (Fsp3) is 0.476. The van der Waals surface area contributed by atoms with E-state index in [1.165, 1.54) is 0 Å². The van der Waals surface area contributed by atoms with Gasteiger partial charge in [0.25, 0.3) is 5.91 Å². The first-order valence-electron chi connectivity index (χ1n) is 10.0. The van der Waals surface area contributed by atoms with Gasteiger partial charge in [0.1, 0.15) is 11.5 Å². The molecule has 1 saturated heterocycles. The quantitative estimate of drug-likeness (QED) is 0.719. The topological polar surface area (TPSA) is 70.5 Å². The predicted octanol–water partition coefficient (Wildman–Crippen LogP) is 2.02. The molecule has 7 nitrogen and oxygen atoms in total. The van der Waals surface area contributed by atoms with Crippen LogP contribution >= 0.6 is 24.8 Å². The van der Waals surface area contributed by atoms with Gasteiger partial charge >= 0.3 is 0 Å². The lowest BCUT2D eigenvalue weighted by Crippen LogP contribution is -2.49. The Morgan fingerprint density at radius 2 is 1.83 bits per heavy atom. The number of nitrogens with zero attached hydrogens (tertiary/aromatic N) is 4. The normalized spacial score (nSPS) is 19.4. The molecule has 162 valence electrons. The molecule has 0 saturated carbocycles. The fourth-order valence-electron chi connectivity index (χ4n) is 4.93. The average Bonchev–Trinajstić information content (AvgIpc) is 3.12. The van der Waals surface area contributed by atoms with E-state index in [9.17, 15) is 9.59 Å². The first kappa shape index (κ1) is 22.6. The van der Waals surface area contributed by atoms with E-state index in [1.54, 1.807) is 4.90 Å². The van der Waals surface area contributed by atoms with Crippen molar-refractivity contribution in [3.05, 3.63) is 47.5 Å². The summed E-state index contributed by atoms with van der Waals surface area (Å²) in [6, 6.07) is 8.04. The molecule has 3 aliphatic rings. The minimum atomic E-state index is -0.487. The molecule has 2 amide bonds. The molecule has 5 rings (SSSR count). The Hall–Kier alpha value is -2.09. The number of hydrogen-bond acceptors (Lipinski definition) is 4. The third-order valence-electron chi connectivity index (χ3n) is 6.53. The zero-order valence-electron chi connectivity index (χ0n) is 17.0. The number of rotatable bonds is 1. The van der Waals surface area contributed by atoms with Gasteiger partial charge < -0.3 is 19.7 Å². The van der Waals surface area contributed by atoms with Crippen LogP contribution in [0.15, 0.2) is 30.5 Å². The van der Waals surface area contributed by atoms with Gasteiger partial charge in [0, 0.05) is 58.1 Å². The summed E-state index contributed by atoms with van der Waals surface area (Å²) in [5, 5.41) is 3.34. The molecule has 9 heteroatoms. The van der Waals surface area contributed by atoms with Crippen LogP contribution in [0.2, 0.25) is 0 Å². The molecule has 0 bridgehead atoms. The second kappa shape index (κ2) is 8.57. The molecular weight excluding hydrogens is 425 g/mol. The number of aromatic nitrogens is 2. The number of benzene rings is 1. The number of carbonyl (C=O) groups is 2. The van der Waals surface area contributed by atoms with Crippen LogP contribution in [0.3, 0.4) is 0 Å². The molecule has 0 atom stereocenters. The number of likely N-dealkylation sites (tertiary alicyclic amines) is 1. The summed E-state index contributed by atoms with van der Waals surface area (Å²) in [4.78, 5) is 34.3. The number of amides is 2. The lowest BCUT2D eigenvalue weighted by Gasteiger charge is -2.38. The number of hydrogen-bond donors (Lipinski definition) is 1. The number of halogens is 2. The summed E-state index contributed by atoms with van der Waals surface area (Å²) in [5.41, 5.74) is 2.15. The standard InChI is InChI=1S/C21H25N5O2.2ClH/c1-24-17-5-3-2-4-15(17)21(20(24)28)7-11-25(12-8-21)19(27)16-14-26-13-10-22-9-6-18(26)23-16;;/h2-5,14,22H,6-13H2,1H3;2*1H. The third-order valence-corrected chi connectivity index (χ3v) is 6.53.